The molecular weight excluding hydrogens is 450 g/mol. The third-order valence-corrected chi connectivity index (χ3v) is 4.98. The smallest absolute Gasteiger partial charge is 0.246 e. The van der Waals surface area contributed by atoms with Crippen molar-refractivity contribution in [3.63, 3.8) is 0 Å². The SMILES string of the molecule is CCOCc1nc2c(NC(=O)CNC(=O)COC(C)(C)C)nc3ccccc3c2n1CC(C)(C)O. The number of carbonyl (C=O) groups excluding carboxylic acids is 2. The van der Waals surface area contributed by atoms with Gasteiger partial charge in [0.25, 0.3) is 0 Å². The van der Waals surface area contributed by atoms with Crippen molar-refractivity contribution in [1.82, 2.24) is 19.9 Å². The molecule has 10 heteroatoms. The number of rotatable bonds is 10. The zero-order valence-corrected chi connectivity index (χ0v) is 21.3. The van der Waals surface area contributed by atoms with E-state index in [0.717, 1.165) is 10.9 Å². The van der Waals surface area contributed by atoms with Crippen LogP contribution in [0.15, 0.2) is 24.3 Å². The Kier molecular flexibility index (Phi) is 8.09. The minimum absolute atomic E-state index is 0.141. The van der Waals surface area contributed by atoms with Gasteiger partial charge >= 0.3 is 0 Å². The molecule has 3 rings (SSSR count). The van der Waals surface area contributed by atoms with Crippen LogP contribution in [-0.4, -0.2) is 62.4 Å². The Labute approximate surface area is 205 Å². The fourth-order valence-corrected chi connectivity index (χ4v) is 3.52. The Bertz CT molecular complexity index is 1210. The van der Waals surface area contributed by atoms with Gasteiger partial charge in [0.15, 0.2) is 5.82 Å². The maximum absolute atomic E-state index is 12.7. The molecular formula is C25H35N5O5. The first-order valence-electron chi connectivity index (χ1n) is 11.7. The van der Waals surface area contributed by atoms with Crippen LogP contribution in [0.4, 0.5) is 5.82 Å². The number of ether oxygens (including phenoxy) is 2. The highest BCUT2D eigenvalue weighted by Gasteiger charge is 2.24. The number of pyridine rings is 1. The van der Waals surface area contributed by atoms with Crippen molar-refractivity contribution >= 4 is 39.6 Å². The molecule has 1 aromatic carbocycles. The van der Waals surface area contributed by atoms with E-state index in [2.05, 4.69) is 15.6 Å². The van der Waals surface area contributed by atoms with Gasteiger partial charge in [0.05, 0.1) is 35.3 Å². The molecule has 3 aromatic rings. The van der Waals surface area contributed by atoms with Crippen LogP contribution < -0.4 is 10.6 Å². The number of hydrogen-bond acceptors (Lipinski definition) is 7. The number of fused-ring (bicyclic) bond motifs is 3. The first-order chi connectivity index (χ1) is 16.4. The minimum atomic E-state index is -1.01. The van der Waals surface area contributed by atoms with E-state index in [-0.39, 0.29) is 38.0 Å². The molecule has 0 atom stereocenters. The van der Waals surface area contributed by atoms with Crippen LogP contribution in [0.2, 0.25) is 0 Å². The monoisotopic (exact) mass is 485 g/mol. The lowest BCUT2D eigenvalue weighted by atomic mass is 10.1. The number of benzene rings is 1. The van der Waals surface area contributed by atoms with Crippen molar-refractivity contribution in [2.45, 2.75) is 65.9 Å². The van der Waals surface area contributed by atoms with Crippen molar-refractivity contribution < 1.29 is 24.2 Å². The summed E-state index contributed by atoms with van der Waals surface area (Å²) in [5.41, 5.74) is 0.421. The minimum Gasteiger partial charge on any atom is -0.389 e. The van der Waals surface area contributed by atoms with E-state index in [1.807, 2.05) is 56.5 Å². The van der Waals surface area contributed by atoms with E-state index in [4.69, 9.17) is 14.5 Å². The zero-order valence-electron chi connectivity index (χ0n) is 21.3. The lowest BCUT2D eigenvalue weighted by molar-refractivity contribution is -0.132. The van der Waals surface area contributed by atoms with Crippen LogP contribution >= 0.6 is 0 Å². The largest absolute Gasteiger partial charge is 0.389 e. The molecule has 0 fully saturated rings. The maximum atomic E-state index is 12.7. The Hall–Kier alpha value is -3.08. The lowest BCUT2D eigenvalue weighted by Gasteiger charge is -2.20. The van der Waals surface area contributed by atoms with Crippen molar-refractivity contribution in [1.29, 1.82) is 0 Å². The normalized spacial score (nSPS) is 12.3. The molecule has 35 heavy (non-hydrogen) atoms. The number of imidazole rings is 1. The van der Waals surface area contributed by atoms with E-state index >= 15 is 0 Å². The Morgan fingerprint density at radius 1 is 1.09 bits per heavy atom. The number of para-hydroxylation sites is 1. The zero-order chi connectivity index (χ0) is 25.8. The van der Waals surface area contributed by atoms with Crippen LogP contribution in [0.5, 0.6) is 0 Å². The van der Waals surface area contributed by atoms with Crippen LogP contribution in [0.25, 0.3) is 21.9 Å². The summed E-state index contributed by atoms with van der Waals surface area (Å²) in [7, 11) is 0. The van der Waals surface area contributed by atoms with Gasteiger partial charge in [-0.25, -0.2) is 9.97 Å². The van der Waals surface area contributed by atoms with Crippen LogP contribution in [0.3, 0.4) is 0 Å². The number of aliphatic hydroxyl groups is 1. The molecule has 0 spiro atoms. The standard InChI is InChI=1S/C25H35N5O5/c1-7-34-13-18-28-21-22(30(18)15-25(5,6)33)16-10-8-9-11-17(16)27-23(21)29-19(31)12-26-20(32)14-35-24(2,3)4/h8-11,33H,7,12-15H2,1-6H3,(H,26,32)(H,27,29,31). The Morgan fingerprint density at radius 2 is 1.80 bits per heavy atom. The van der Waals surface area contributed by atoms with E-state index in [1.54, 1.807) is 13.8 Å². The quantitative estimate of drug-likeness (QED) is 0.403. The number of nitrogens with zero attached hydrogens (tertiary/aromatic N) is 3. The summed E-state index contributed by atoms with van der Waals surface area (Å²) in [6, 6.07) is 7.54. The summed E-state index contributed by atoms with van der Waals surface area (Å²) in [5, 5.41) is 16.7. The predicted octanol–water partition coefficient (Wildman–Crippen LogP) is 2.76. The van der Waals surface area contributed by atoms with Gasteiger partial charge in [-0.2, -0.15) is 0 Å². The molecule has 190 valence electrons. The topological polar surface area (TPSA) is 128 Å². The van der Waals surface area contributed by atoms with Crippen LogP contribution in [-0.2, 0) is 32.2 Å². The first-order valence-corrected chi connectivity index (χ1v) is 11.7. The van der Waals surface area contributed by atoms with Crippen LogP contribution in [0.1, 0.15) is 47.4 Å². The average Bonchev–Trinajstić information content (AvgIpc) is 3.11. The lowest BCUT2D eigenvalue weighted by Crippen LogP contribution is -2.37. The number of anilines is 1. The molecule has 0 radical (unpaired) electrons. The van der Waals surface area contributed by atoms with Gasteiger partial charge in [-0.15, -0.1) is 0 Å². The first kappa shape index (κ1) is 26.5. The second-order valence-corrected chi connectivity index (χ2v) is 9.96. The third kappa shape index (κ3) is 7.20. The molecule has 2 aromatic heterocycles. The highest BCUT2D eigenvalue weighted by Crippen LogP contribution is 2.31. The van der Waals surface area contributed by atoms with Gasteiger partial charge in [0.1, 0.15) is 24.6 Å². The summed E-state index contributed by atoms with van der Waals surface area (Å²) in [6.07, 6.45) is 0. The summed E-state index contributed by atoms with van der Waals surface area (Å²) >= 11 is 0. The van der Waals surface area contributed by atoms with Gasteiger partial charge in [0, 0.05) is 12.0 Å². The molecule has 0 saturated carbocycles. The number of aromatic nitrogens is 3. The van der Waals surface area contributed by atoms with Crippen molar-refractivity contribution in [2.75, 3.05) is 25.1 Å². The molecule has 10 nitrogen and oxygen atoms in total. The molecule has 0 aliphatic heterocycles. The predicted molar refractivity (Wildman–Crippen MR) is 134 cm³/mol. The van der Waals surface area contributed by atoms with Gasteiger partial charge in [0.2, 0.25) is 11.8 Å². The maximum Gasteiger partial charge on any atom is 0.246 e. The average molecular weight is 486 g/mol. The van der Waals surface area contributed by atoms with Gasteiger partial charge in [-0.3, -0.25) is 9.59 Å². The number of hydrogen-bond donors (Lipinski definition) is 3. The van der Waals surface area contributed by atoms with E-state index < -0.39 is 17.1 Å². The molecule has 0 unspecified atom stereocenters. The van der Waals surface area contributed by atoms with Crippen molar-refractivity contribution in [2.24, 2.45) is 0 Å². The van der Waals surface area contributed by atoms with Gasteiger partial charge < -0.3 is 29.8 Å². The molecule has 0 saturated heterocycles. The molecule has 3 N–H and O–H groups in total. The highest BCUT2D eigenvalue weighted by molar-refractivity contribution is 6.10. The summed E-state index contributed by atoms with van der Waals surface area (Å²) in [5.74, 6) is 0.0585. The summed E-state index contributed by atoms with van der Waals surface area (Å²) in [4.78, 5) is 34.1. The number of carbonyl (C=O) groups is 2. The van der Waals surface area contributed by atoms with E-state index in [1.165, 1.54) is 0 Å². The van der Waals surface area contributed by atoms with Gasteiger partial charge in [-0.1, -0.05) is 18.2 Å². The summed E-state index contributed by atoms with van der Waals surface area (Å²) in [6.45, 7) is 11.5. The molecule has 0 bridgehead atoms. The fourth-order valence-electron chi connectivity index (χ4n) is 3.52. The summed E-state index contributed by atoms with van der Waals surface area (Å²) < 4.78 is 13.0. The van der Waals surface area contributed by atoms with E-state index in [0.29, 0.717) is 23.5 Å². The second-order valence-electron chi connectivity index (χ2n) is 9.96. The Morgan fingerprint density at radius 3 is 2.46 bits per heavy atom. The Balaban J connectivity index is 1.94. The molecule has 0 aliphatic carbocycles. The van der Waals surface area contributed by atoms with Gasteiger partial charge in [-0.05, 0) is 47.6 Å². The van der Waals surface area contributed by atoms with Crippen molar-refractivity contribution in [3.8, 4) is 0 Å². The van der Waals surface area contributed by atoms with E-state index in [9.17, 15) is 14.7 Å². The number of amides is 2. The van der Waals surface area contributed by atoms with Crippen LogP contribution in [0, 0.1) is 0 Å². The third-order valence-electron chi connectivity index (χ3n) is 4.98. The highest BCUT2D eigenvalue weighted by atomic mass is 16.5. The van der Waals surface area contributed by atoms with Crippen molar-refractivity contribution in [3.05, 3.63) is 30.1 Å². The molecule has 2 amide bonds. The number of nitrogens with one attached hydrogen (secondary N) is 2. The molecule has 2 heterocycles. The molecule has 0 aliphatic rings. The fraction of sp³-hybridized carbons (Fsp3) is 0.520. The second kappa shape index (κ2) is 10.7.